The number of aromatic nitrogens is 1. The van der Waals surface area contributed by atoms with Crippen LogP contribution in [-0.4, -0.2) is 24.1 Å². The molecule has 4 rings (SSSR count). The van der Waals surface area contributed by atoms with E-state index in [0.29, 0.717) is 0 Å². The Hall–Kier alpha value is -2.50. The molecule has 0 radical (unpaired) electrons. The Morgan fingerprint density at radius 1 is 1.00 bits per heavy atom. The summed E-state index contributed by atoms with van der Waals surface area (Å²) in [6, 6.07) is 15.1. The van der Waals surface area contributed by atoms with Crippen LogP contribution in [0.5, 0.6) is 0 Å². The number of hydrogen-bond donors (Lipinski definition) is 1. The molecule has 6 heteroatoms. The van der Waals surface area contributed by atoms with Crippen molar-refractivity contribution in [2.45, 2.75) is 12.5 Å². The average Bonchev–Trinajstić information content (AvgIpc) is 3.20. The Labute approximate surface area is 161 Å². The zero-order valence-electron chi connectivity index (χ0n) is 14.5. The Morgan fingerprint density at radius 3 is 2.41 bits per heavy atom. The number of rotatable bonds is 4. The van der Waals surface area contributed by atoms with Crippen molar-refractivity contribution >= 4 is 23.1 Å². The van der Waals surface area contributed by atoms with Gasteiger partial charge in [0.1, 0.15) is 17.5 Å². The van der Waals surface area contributed by atoms with Crippen molar-refractivity contribution < 1.29 is 8.78 Å². The molecule has 1 aliphatic rings. The molecule has 3 aromatic rings. The van der Waals surface area contributed by atoms with Gasteiger partial charge >= 0.3 is 0 Å². The van der Waals surface area contributed by atoms with Gasteiger partial charge in [0.15, 0.2) is 0 Å². The molecule has 138 valence electrons. The van der Waals surface area contributed by atoms with Gasteiger partial charge in [-0.2, -0.15) is 0 Å². The summed E-state index contributed by atoms with van der Waals surface area (Å²) >= 11 is 6.00. The summed E-state index contributed by atoms with van der Waals surface area (Å²) in [6.45, 7) is 1.74. The van der Waals surface area contributed by atoms with Gasteiger partial charge in [0, 0.05) is 30.0 Å². The maximum atomic E-state index is 13.6. The van der Waals surface area contributed by atoms with Gasteiger partial charge in [-0.1, -0.05) is 23.7 Å². The topological polar surface area (TPSA) is 28.2 Å². The summed E-state index contributed by atoms with van der Waals surface area (Å²) in [7, 11) is 0. The second-order valence-electron chi connectivity index (χ2n) is 6.53. The summed E-state index contributed by atoms with van der Waals surface area (Å²) in [4.78, 5) is 6.70. The predicted molar refractivity (Wildman–Crippen MR) is 104 cm³/mol. The monoisotopic (exact) mass is 385 g/mol. The molecule has 1 aliphatic heterocycles. The second kappa shape index (κ2) is 7.62. The number of benzene rings is 2. The third kappa shape index (κ3) is 3.80. The highest BCUT2D eigenvalue weighted by atomic mass is 35.5. The lowest BCUT2D eigenvalue weighted by Crippen LogP contribution is -2.33. The van der Waals surface area contributed by atoms with E-state index >= 15 is 0 Å². The van der Waals surface area contributed by atoms with Gasteiger partial charge in [-0.15, -0.1) is 0 Å². The quantitative estimate of drug-likeness (QED) is 0.670. The SMILES string of the molecule is Fc1ccc(-c2ccc(N(c3ccc(F)c(Cl)c3)[C@H]3CCNC3)nc2)cc1. The van der Waals surface area contributed by atoms with Crippen LogP contribution in [0, 0.1) is 11.6 Å². The maximum absolute atomic E-state index is 13.6. The summed E-state index contributed by atoms with van der Waals surface area (Å²) in [5.41, 5.74) is 2.60. The Balaban J connectivity index is 1.69. The predicted octanol–water partition coefficient (Wildman–Crippen LogP) is 5.18. The summed E-state index contributed by atoms with van der Waals surface area (Å²) in [5.74, 6) is 0.0539. The Kier molecular flexibility index (Phi) is 5.05. The fraction of sp³-hybridized carbons (Fsp3) is 0.190. The molecule has 3 nitrogen and oxygen atoms in total. The molecule has 2 aromatic carbocycles. The van der Waals surface area contributed by atoms with E-state index in [2.05, 4.69) is 15.2 Å². The number of anilines is 2. The van der Waals surface area contributed by atoms with Crippen molar-refractivity contribution in [2.24, 2.45) is 0 Å². The fourth-order valence-electron chi connectivity index (χ4n) is 3.37. The molecule has 0 aliphatic carbocycles. The molecule has 0 unspecified atom stereocenters. The fourth-order valence-corrected chi connectivity index (χ4v) is 3.54. The minimum Gasteiger partial charge on any atom is -0.322 e. The molecule has 1 saturated heterocycles. The highest BCUT2D eigenvalue weighted by molar-refractivity contribution is 6.31. The lowest BCUT2D eigenvalue weighted by Gasteiger charge is -2.30. The van der Waals surface area contributed by atoms with Crippen LogP contribution in [0.2, 0.25) is 5.02 Å². The number of nitrogens with zero attached hydrogens (tertiary/aromatic N) is 2. The van der Waals surface area contributed by atoms with Gasteiger partial charge in [-0.05, 0) is 61.0 Å². The molecule has 1 aromatic heterocycles. The molecule has 1 fully saturated rings. The van der Waals surface area contributed by atoms with Gasteiger partial charge in [0.25, 0.3) is 0 Å². The molecule has 0 saturated carbocycles. The third-order valence-electron chi connectivity index (χ3n) is 4.75. The van der Waals surface area contributed by atoms with Crippen LogP contribution in [0.25, 0.3) is 11.1 Å². The zero-order valence-corrected chi connectivity index (χ0v) is 15.3. The van der Waals surface area contributed by atoms with E-state index in [9.17, 15) is 8.78 Å². The Bertz CT molecular complexity index is 923. The molecule has 1 atom stereocenters. The van der Waals surface area contributed by atoms with E-state index in [0.717, 1.165) is 42.1 Å². The first-order chi connectivity index (χ1) is 13.1. The van der Waals surface area contributed by atoms with Crippen molar-refractivity contribution in [1.82, 2.24) is 10.3 Å². The zero-order chi connectivity index (χ0) is 18.8. The normalized spacial score (nSPS) is 16.5. The van der Waals surface area contributed by atoms with Crippen molar-refractivity contribution in [1.29, 1.82) is 0 Å². The van der Waals surface area contributed by atoms with Crippen molar-refractivity contribution in [2.75, 3.05) is 18.0 Å². The summed E-state index contributed by atoms with van der Waals surface area (Å²) in [5, 5.41) is 3.44. The van der Waals surface area contributed by atoms with Crippen LogP contribution in [-0.2, 0) is 0 Å². The molecule has 0 spiro atoms. The van der Waals surface area contributed by atoms with Crippen LogP contribution in [0.1, 0.15) is 6.42 Å². The summed E-state index contributed by atoms with van der Waals surface area (Å²) in [6.07, 6.45) is 2.72. The van der Waals surface area contributed by atoms with E-state index in [1.54, 1.807) is 30.5 Å². The first-order valence-corrected chi connectivity index (χ1v) is 9.16. The van der Waals surface area contributed by atoms with E-state index < -0.39 is 5.82 Å². The summed E-state index contributed by atoms with van der Waals surface area (Å²) < 4.78 is 26.7. The molecule has 0 amide bonds. The number of hydrogen-bond acceptors (Lipinski definition) is 3. The Morgan fingerprint density at radius 2 is 1.78 bits per heavy atom. The van der Waals surface area contributed by atoms with Crippen molar-refractivity contribution in [3.05, 3.63) is 77.5 Å². The largest absolute Gasteiger partial charge is 0.322 e. The first-order valence-electron chi connectivity index (χ1n) is 8.79. The van der Waals surface area contributed by atoms with Gasteiger partial charge in [0.2, 0.25) is 0 Å². The van der Waals surface area contributed by atoms with Crippen molar-refractivity contribution in [3.63, 3.8) is 0 Å². The molecular formula is C21H18ClF2N3. The highest BCUT2D eigenvalue weighted by Gasteiger charge is 2.25. The van der Waals surface area contributed by atoms with Crippen LogP contribution < -0.4 is 10.2 Å². The van der Waals surface area contributed by atoms with Gasteiger partial charge in [0.05, 0.1) is 5.02 Å². The van der Waals surface area contributed by atoms with E-state index in [1.165, 1.54) is 18.2 Å². The van der Waals surface area contributed by atoms with Gasteiger partial charge in [-0.25, -0.2) is 13.8 Å². The third-order valence-corrected chi connectivity index (χ3v) is 5.04. The lowest BCUT2D eigenvalue weighted by molar-refractivity contribution is 0.627. The van der Waals surface area contributed by atoms with Crippen LogP contribution in [0.3, 0.4) is 0 Å². The van der Waals surface area contributed by atoms with E-state index in [4.69, 9.17) is 11.6 Å². The van der Waals surface area contributed by atoms with Crippen LogP contribution >= 0.6 is 11.6 Å². The maximum Gasteiger partial charge on any atom is 0.141 e. The highest BCUT2D eigenvalue weighted by Crippen LogP contribution is 2.32. The standard InChI is InChI=1S/C21H18ClF2N3/c22-19-11-17(6-7-20(19)24)27(18-9-10-25-13-18)21-8-3-15(12-26-21)14-1-4-16(23)5-2-14/h1-8,11-12,18,25H,9-10,13H2/t18-/m0/s1. The van der Waals surface area contributed by atoms with E-state index in [-0.39, 0.29) is 16.9 Å². The molecule has 0 bridgehead atoms. The van der Waals surface area contributed by atoms with Crippen LogP contribution in [0.4, 0.5) is 20.3 Å². The lowest BCUT2D eigenvalue weighted by atomic mass is 10.1. The smallest absolute Gasteiger partial charge is 0.141 e. The molecular weight excluding hydrogens is 368 g/mol. The number of pyridine rings is 1. The number of nitrogens with one attached hydrogen (secondary N) is 1. The number of halogens is 3. The first kappa shape index (κ1) is 17.9. The second-order valence-corrected chi connectivity index (χ2v) is 6.93. The minimum atomic E-state index is -0.440. The minimum absolute atomic E-state index is 0.0892. The molecule has 27 heavy (non-hydrogen) atoms. The van der Waals surface area contributed by atoms with Gasteiger partial charge in [-0.3, -0.25) is 0 Å². The average molecular weight is 386 g/mol. The van der Waals surface area contributed by atoms with Gasteiger partial charge < -0.3 is 10.2 Å². The van der Waals surface area contributed by atoms with Crippen molar-refractivity contribution in [3.8, 4) is 11.1 Å². The molecule has 2 heterocycles. The van der Waals surface area contributed by atoms with Crippen LogP contribution in [0.15, 0.2) is 60.8 Å². The molecule has 1 N–H and O–H groups in total. The van der Waals surface area contributed by atoms with E-state index in [1.807, 2.05) is 12.1 Å².